The molecule has 0 amide bonds. The summed E-state index contributed by atoms with van der Waals surface area (Å²) in [5.41, 5.74) is 3.60. The number of imidazole rings is 1. The van der Waals surface area contributed by atoms with E-state index in [4.69, 9.17) is 9.72 Å². The SMILES string of the molecule is CCC(C)Cn1c(C(C)c2ccc3cc(OC)ccc3c2)nc2ccccc21. The molecule has 0 radical (unpaired) electrons. The van der Waals surface area contributed by atoms with Crippen molar-refractivity contribution >= 4 is 21.8 Å². The molecule has 0 aliphatic heterocycles. The van der Waals surface area contributed by atoms with Crippen molar-refractivity contribution in [3.05, 3.63) is 72.1 Å². The van der Waals surface area contributed by atoms with E-state index in [-0.39, 0.29) is 5.92 Å². The number of nitrogens with zero attached hydrogens (tertiary/aromatic N) is 2. The Balaban J connectivity index is 1.78. The van der Waals surface area contributed by atoms with Crippen LogP contribution >= 0.6 is 0 Å². The summed E-state index contributed by atoms with van der Waals surface area (Å²) in [6.45, 7) is 7.83. The largest absolute Gasteiger partial charge is 0.497 e. The lowest BCUT2D eigenvalue weighted by Gasteiger charge is -2.18. The van der Waals surface area contributed by atoms with Crippen LogP contribution in [0.2, 0.25) is 0 Å². The molecular weight excluding hydrogens is 344 g/mol. The lowest BCUT2D eigenvalue weighted by Crippen LogP contribution is -2.13. The molecular formula is C25H28N2O. The third-order valence-electron chi connectivity index (χ3n) is 5.83. The summed E-state index contributed by atoms with van der Waals surface area (Å²) in [4.78, 5) is 5.03. The van der Waals surface area contributed by atoms with Crippen LogP contribution in [0.5, 0.6) is 5.75 Å². The Kier molecular flexibility index (Phi) is 5.08. The molecule has 0 saturated heterocycles. The molecule has 1 aromatic heterocycles. The predicted molar refractivity (Wildman–Crippen MR) is 117 cm³/mol. The van der Waals surface area contributed by atoms with E-state index >= 15 is 0 Å². The maximum Gasteiger partial charge on any atom is 0.119 e. The Morgan fingerprint density at radius 3 is 2.50 bits per heavy atom. The summed E-state index contributed by atoms with van der Waals surface area (Å²) in [6.07, 6.45) is 1.16. The molecule has 3 aromatic carbocycles. The fourth-order valence-corrected chi connectivity index (χ4v) is 3.85. The van der Waals surface area contributed by atoms with Gasteiger partial charge in [0.2, 0.25) is 0 Å². The molecule has 0 saturated carbocycles. The van der Waals surface area contributed by atoms with E-state index in [1.165, 1.54) is 21.9 Å². The van der Waals surface area contributed by atoms with Crippen LogP contribution in [0, 0.1) is 5.92 Å². The first-order valence-corrected chi connectivity index (χ1v) is 10.1. The third-order valence-corrected chi connectivity index (χ3v) is 5.83. The average Bonchev–Trinajstić information content (AvgIpc) is 3.10. The molecule has 4 rings (SSSR count). The quantitative estimate of drug-likeness (QED) is 0.392. The zero-order valence-corrected chi connectivity index (χ0v) is 17.1. The lowest BCUT2D eigenvalue weighted by atomic mass is 9.96. The molecule has 0 fully saturated rings. The summed E-state index contributed by atoms with van der Waals surface area (Å²) in [5, 5.41) is 2.43. The van der Waals surface area contributed by atoms with Crippen molar-refractivity contribution in [1.82, 2.24) is 9.55 Å². The summed E-state index contributed by atoms with van der Waals surface area (Å²) in [5.74, 6) is 2.88. The second-order valence-corrected chi connectivity index (χ2v) is 7.78. The highest BCUT2D eigenvalue weighted by molar-refractivity contribution is 5.85. The van der Waals surface area contributed by atoms with E-state index in [0.717, 1.165) is 30.1 Å². The molecule has 144 valence electrons. The smallest absolute Gasteiger partial charge is 0.119 e. The number of ether oxygens (including phenoxy) is 1. The van der Waals surface area contributed by atoms with Crippen molar-refractivity contribution in [2.24, 2.45) is 5.92 Å². The van der Waals surface area contributed by atoms with Crippen molar-refractivity contribution in [3.8, 4) is 5.75 Å². The van der Waals surface area contributed by atoms with Gasteiger partial charge in [0.25, 0.3) is 0 Å². The van der Waals surface area contributed by atoms with Gasteiger partial charge in [0, 0.05) is 12.5 Å². The van der Waals surface area contributed by atoms with E-state index < -0.39 is 0 Å². The van der Waals surface area contributed by atoms with Gasteiger partial charge in [-0.15, -0.1) is 0 Å². The first-order valence-electron chi connectivity index (χ1n) is 10.1. The van der Waals surface area contributed by atoms with Crippen molar-refractivity contribution in [1.29, 1.82) is 0 Å². The monoisotopic (exact) mass is 372 g/mol. The zero-order valence-electron chi connectivity index (χ0n) is 17.1. The van der Waals surface area contributed by atoms with Gasteiger partial charge in [-0.1, -0.05) is 63.6 Å². The van der Waals surface area contributed by atoms with Gasteiger partial charge in [-0.3, -0.25) is 0 Å². The number of aromatic nitrogens is 2. The van der Waals surface area contributed by atoms with Crippen molar-refractivity contribution in [3.63, 3.8) is 0 Å². The fraction of sp³-hybridized carbons (Fsp3) is 0.320. The van der Waals surface area contributed by atoms with Crippen molar-refractivity contribution in [2.45, 2.75) is 39.7 Å². The van der Waals surface area contributed by atoms with Crippen molar-refractivity contribution in [2.75, 3.05) is 7.11 Å². The van der Waals surface area contributed by atoms with Crippen LogP contribution in [0.4, 0.5) is 0 Å². The molecule has 0 spiro atoms. The number of para-hydroxylation sites is 2. The Hall–Kier alpha value is -2.81. The van der Waals surface area contributed by atoms with Gasteiger partial charge in [0.1, 0.15) is 11.6 Å². The first kappa shape index (κ1) is 18.5. The summed E-state index contributed by atoms with van der Waals surface area (Å²) in [6, 6.07) is 21.4. The molecule has 2 atom stereocenters. The number of fused-ring (bicyclic) bond motifs is 2. The normalized spacial score (nSPS) is 13.7. The molecule has 3 nitrogen and oxygen atoms in total. The highest BCUT2D eigenvalue weighted by atomic mass is 16.5. The standard InChI is InChI=1S/C25H28N2O/c1-5-17(2)16-27-24-9-7-6-8-23(24)26-25(27)18(3)19-10-11-21-15-22(28-4)13-12-20(21)14-19/h6-15,17-18H,5,16H2,1-4H3. The van der Waals surface area contributed by atoms with Crippen LogP contribution in [-0.4, -0.2) is 16.7 Å². The van der Waals surface area contributed by atoms with E-state index in [0.29, 0.717) is 5.92 Å². The molecule has 1 heterocycles. The molecule has 0 aliphatic rings. The molecule has 0 aliphatic carbocycles. The number of rotatable bonds is 6. The Labute approximate surface area is 167 Å². The molecule has 4 aromatic rings. The molecule has 0 N–H and O–H groups in total. The van der Waals surface area contributed by atoms with E-state index in [1.54, 1.807) is 7.11 Å². The van der Waals surface area contributed by atoms with Crippen LogP contribution in [0.3, 0.4) is 0 Å². The number of hydrogen-bond acceptors (Lipinski definition) is 2. The zero-order chi connectivity index (χ0) is 19.7. The minimum absolute atomic E-state index is 0.225. The Morgan fingerprint density at radius 1 is 0.964 bits per heavy atom. The molecule has 2 unspecified atom stereocenters. The molecule has 3 heteroatoms. The summed E-state index contributed by atoms with van der Waals surface area (Å²) >= 11 is 0. The molecule has 0 bridgehead atoms. The Bertz CT molecular complexity index is 1110. The van der Waals surface area contributed by atoms with Crippen LogP contribution < -0.4 is 4.74 Å². The summed E-state index contributed by atoms with van der Waals surface area (Å²) in [7, 11) is 1.71. The fourth-order valence-electron chi connectivity index (χ4n) is 3.85. The third kappa shape index (κ3) is 3.37. The number of hydrogen-bond donors (Lipinski definition) is 0. The highest BCUT2D eigenvalue weighted by Crippen LogP contribution is 2.31. The van der Waals surface area contributed by atoms with E-state index in [1.807, 2.05) is 6.07 Å². The van der Waals surface area contributed by atoms with Crippen LogP contribution in [0.15, 0.2) is 60.7 Å². The summed E-state index contributed by atoms with van der Waals surface area (Å²) < 4.78 is 7.78. The highest BCUT2D eigenvalue weighted by Gasteiger charge is 2.19. The number of methoxy groups -OCH3 is 1. The second-order valence-electron chi connectivity index (χ2n) is 7.78. The van der Waals surface area contributed by atoms with Gasteiger partial charge in [0.15, 0.2) is 0 Å². The van der Waals surface area contributed by atoms with Gasteiger partial charge in [-0.2, -0.15) is 0 Å². The van der Waals surface area contributed by atoms with Crippen LogP contribution in [-0.2, 0) is 6.54 Å². The number of benzene rings is 3. The van der Waals surface area contributed by atoms with Gasteiger partial charge in [-0.25, -0.2) is 4.98 Å². The van der Waals surface area contributed by atoms with Crippen LogP contribution in [0.1, 0.15) is 44.5 Å². The minimum atomic E-state index is 0.225. The second kappa shape index (κ2) is 7.67. The maximum absolute atomic E-state index is 5.35. The predicted octanol–water partition coefficient (Wildman–Crippen LogP) is 6.40. The Morgan fingerprint density at radius 2 is 1.71 bits per heavy atom. The average molecular weight is 373 g/mol. The van der Waals surface area contributed by atoms with E-state index in [2.05, 4.69) is 79.9 Å². The minimum Gasteiger partial charge on any atom is -0.497 e. The lowest BCUT2D eigenvalue weighted by molar-refractivity contribution is 0.415. The van der Waals surface area contributed by atoms with Gasteiger partial charge in [0.05, 0.1) is 18.1 Å². The van der Waals surface area contributed by atoms with Crippen molar-refractivity contribution < 1.29 is 4.74 Å². The molecule has 28 heavy (non-hydrogen) atoms. The van der Waals surface area contributed by atoms with Gasteiger partial charge in [-0.05, 0) is 46.5 Å². The van der Waals surface area contributed by atoms with Gasteiger partial charge >= 0.3 is 0 Å². The maximum atomic E-state index is 5.35. The van der Waals surface area contributed by atoms with E-state index in [9.17, 15) is 0 Å². The van der Waals surface area contributed by atoms with Crippen LogP contribution in [0.25, 0.3) is 21.8 Å². The first-order chi connectivity index (χ1) is 13.6. The topological polar surface area (TPSA) is 27.1 Å². The van der Waals surface area contributed by atoms with Gasteiger partial charge < -0.3 is 9.30 Å².